The fraction of sp³-hybridized carbons (Fsp3) is 0.381. The first-order valence-corrected chi connectivity index (χ1v) is 8.84. The summed E-state index contributed by atoms with van der Waals surface area (Å²) in [4.78, 5) is 12.6. The molecular weight excluding hydrogens is 333 g/mol. The van der Waals surface area contributed by atoms with E-state index in [1.54, 1.807) is 30.3 Å². The van der Waals surface area contributed by atoms with E-state index in [9.17, 15) is 9.18 Å². The van der Waals surface area contributed by atoms with Crippen LogP contribution in [0.3, 0.4) is 0 Å². The first-order valence-electron chi connectivity index (χ1n) is 8.84. The summed E-state index contributed by atoms with van der Waals surface area (Å²) in [6.45, 7) is 8.62. The maximum Gasteiger partial charge on any atom is 0.251 e. The number of ether oxygens (including phenoxy) is 2. The molecule has 0 heterocycles. The predicted octanol–water partition coefficient (Wildman–Crippen LogP) is 4.64. The van der Waals surface area contributed by atoms with Crippen molar-refractivity contribution in [2.45, 2.75) is 46.4 Å². The molecule has 0 fully saturated rings. The molecule has 0 aliphatic rings. The van der Waals surface area contributed by atoms with Gasteiger partial charge in [0.05, 0.1) is 25.4 Å². The van der Waals surface area contributed by atoms with E-state index in [0.29, 0.717) is 18.8 Å². The zero-order chi connectivity index (χ0) is 19.1. The number of nitrogens with one attached hydrogen (secondary N) is 1. The molecule has 0 saturated heterocycles. The lowest BCUT2D eigenvalue weighted by Crippen LogP contribution is -2.26. The lowest BCUT2D eigenvalue weighted by molar-refractivity contribution is 0.0641. The minimum absolute atomic E-state index is 0.0838. The Morgan fingerprint density at radius 3 is 2.42 bits per heavy atom. The van der Waals surface area contributed by atoms with Crippen LogP contribution in [0.15, 0.2) is 42.5 Å². The van der Waals surface area contributed by atoms with E-state index in [1.165, 1.54) is 12.1 Å². The third-order valence-corrected chi connectivity index (χ3v) is 3.91. The molecule has 5 heteroatoms. The molecule has 0 unspecified atom stereocenters. The zero-order valence-corrected chi connectivity index (χ0v) is 15.7. The summed E-state index contributed by atoms with van der Waals surface area (Å²) >= 11 is 0. The first kappa shape index (κ1) is 19.9. The molecule has 0 saturated carbocycles. The Balaban J connectivity index is 2.14. The number of carbonyl (C=O) groups is 1. The zero-order valence-electron chi connectivity index (χ0n) is 15.7. The third kappa shape index (κ3) is 5.56. The minimum Gasteiger partial charge on any atom is -0.494 e. The van der Waals surface area contributed by atoms with Gasteiger partial charge in [-0.2, -0.15) is 0 Å². The second kappa shape index (κ2) is 9.34. The average molecular weight is 359 g/mol. The Morgan fingerprint density at radius 2 is 1.81 bits per heavy atom. The van der Waals surface area contributed by atoms with Crippen molar-refractivity contribution in [2.24, 2.45) is 0 Å². The first-order chi connectivity index (χ1) is 12.4. The van der Waals surface area contributed by atoms with Gasteiger partial charge >= 0.3 is 0 Å². The van der Waals surface area contributed by atoms with Crippen LogP contribution in [-0.2, 0) is 11.3 Å². The van der Waals surface area contributed by atoms with Crippen molar-refractivity contribution in [1.82, 2.24) is 5.32 Å². The van der Waals surface area contributed by atoms with Crippen molar-refractivity contribution < 1.29 is 18.7 Å². The highest BCUT2D eigenvalue weighted by molar-refractivity contribution is 5.94. The van der Waals surface area contributed by atoms with Crippen molar-refractivity contribution >= 4 is 5.91 Å². The van der Waals surface area contributed by atoms with Gasteiger partial charge in [0.1, 0.15) is 11.6 Å². The fourth-order valence-electron chi connectivity index (χ4n) is 2.50. The van der Waals surface area contributed by atoms with Gasteiger partial charge in [-0.05, 0) is 63.6 Å². The summed E-state index contributed by atoms with van der Waals surface area (Å²) < 4.78 is 24.3. The molecule has 4 nitrogen and oxygen atoms in total. The molecule has 2 rings (SSSR count). The summed E-state index contributed by atoms with van der Waals surface area (Å²) in [5.74, 6) is 0.223. The van der Waals surface area contributed by atoms with Gasteiger partial charge in [0.15, 0.2) is 0 Å². The fourth-order valence-corrected chi connectivity index (χ4v) is 2.50. The number of benzene rings is 2. The van der Waals surface area contributed by atoms with Crippen molar-refractivity contribution in [3.8, 4) is 5.75 Å². The number of hydrogen-bond donors (Lipinski definition) is 1. The molecule has 1 N–H and O–H groups in total. The normalized spacial score (nSPS) is 12.1. The van der Waals surface area contributed by atoms with Crippen LogP contribution in [0, 0.1) is 5.82 Å². The molecule has 140 valence electrons. The molecule has 0 aliphatic heterocycles. The molecular formula is C21H26FNO3. The Kier molecular flexibility index (Phi) is 7.16. The Hall–Kier alpha value is -2.40. The lowest BCUT2D eigenvalue weighted by Gasteiger charge is -2.16. The van der Waals surface area contributed by atoms with Gasteiger partial charge in [0, 0.05) is 11.1 Å². The molecule has 2 aromatic carbocycles. The Labute approximate surface area is 154 Å². The summed E-state index contributed by atoms with van der Waals surface area (Å²) in [6, 6.07) is 11.2. The van der Waals surface area contributed by atoms with E-state index in [-0.39, 0.29) is 23.9 Å². The van der Waals surface area contributed by atoms with E-state index < -0.39 is 0 Å². The smallest absolute Gasteiger partial charge is 0.251 e. The lowest BCUT2D eigenvalue weighted by atomic mass is 10.1. The van der Waals surface area contributed by atoms with E-state index in [0.717, 1.165) is 16.9 Å². The van der Waals surface area contributed by atoms with Crippen molar-refractivity contribution in [2.75, 3.05) is 6.61 Å². The highest BCUT2D eigenvalue weighted by Gasteiger charge is 2.14. The largest absolute Gasteiger partial charge is 0.494 e. The summed E-state index contributed by atoms with van der Waals surface area (Å²) in [6.07, 6.45) is 0.0838. The van der Waals surface area contributed by atoms with Gasteiger partial charge < -0.3 is 14.8 Å². The van der Waals surface area contributed by atoms with Crippen LogP contribution in [0.5, 0.6) is 5.75 Å². The molecule has 26 heavy (non-hydrogen) atoms. The molecule has 2 aromatic rings. The number of rotatable bonds is 8. The van der Waals surface area contributed by atoms with E-state index in [1.807, 2.05) is 27.7 Å². The number of carbonyl (C=O) groups excluding carboxylic acids is 1. The van der Waals surface area contributed by atoms with Crippen LogP contribution in [0.25, 0.3) is 0 Å². The molecule has 0 radical (unpaired) electrons. The van der Waals surface area contributed by atoms with Crippen LogP contribution in [-0.4, -0.2) is 18.6 Å². The van der Waals surface area contributed by atoms with Crippen LogP contribution in [0.2, 0.25) is 0 Å². The average Bonchev–Trinajstić information content (AvgIpc) is 2.61. The van der Waals surface area contributed by atoms with Crippen LogP contribution < -0.4 is 10.1 Å². The van der Waals surface area contributed by atoms with Gasteiger partial charge in [-0.15, -0.1) is 0 Å². The molecule has 0 aliphatic carbocycles. The van der Waals surface area contributed by atoms with E-state index >= 15 is 0 Å². The monoisotopic (exact) mass is 359 g/mol. The number of amides is 1. The highest BCUT2D eigenvalue weighted by Crippen LogP contribution is 2.23. The van der Waals surface area contributed by atoms with Gasteiger partial charge in [0.2, 0.25) is 0 Å². The number of hydrogen-bond acceptors (Lipinski definition) is 3. The summed E-state index contributed by atoms with van der Waals surface area (Å²) in [5.41, 5.74) is 2.21. The second-order valence-corrected chi connectivity index (χ2v) is 6.36. The van der Waals surface area contributed by atoms with Crippen molar-refractivity contribution in [1.29, 1.82) is 0 Å². The van der Waals surface area contributed by atoms with Crippen molar-refractivity contribution in [3.63, 3.8) is 0 Å². The maximum absolute atomic E-state index is 13.0. The standard InChI is InChI=1S/C21H26FNO3/c1-5-25-20-11-8-17(12-18(20)13-26-14(2)3)21(24)23-15(4)16-6-9-19(22)10-7-16/h6-12,14-15H,5,13H2,1-4H3,(H,23,24)/t15-/m1/s1. The molecule has 1 amide bonds. The number of halogens is 1. The van der Waals surface area contributed by atoms with Gasteiger partial charge in [-0.3, -0.25) is 4.79 Å². The van der Waals surface area contributed by atoms with Gasteiger partial charge in [0.25, 0.3) is 5.91 Å². The van der Waals surface area contributed by atoms with Crippen LogP contribution in [0.1, 0.15) is 55.2 Å². The second-order valence-electron chi connectivity index (χ2n) is 6.36. The van der Waals surface area contributed by atoms with Crippen LogP contribution >= 0.6 is 0 Å². The van der Waals surface area contributed by atoms with Gasteiger partial charge in [-0.1, -0.05) is 12.1 Å². The van der Waals surface area contributed by atoms with Crippen LogP contribution in [0.4, 0.5) is 4.39 Å². The summed E-state index contributed by atoms with van der Waals surface area (Å²) in [5, 5.41) is 2.93. The third-order valence-electron chi connectivity index (χ3n) is 3.91. The molecule has 1 atom stereocenters. The van der Waals surface area contributed by atoms with E-state index in [4.69, 9.17) is 9.47 Å². The SMILES string of the molecule is CCOc1ccc(C(=O)N[C@H](C)c2ccc(F)cc2)cc1COC(C)C. The molecule has 0 bridgehead atoms. The summed E-state index contributed by atoms with van der Waals surface area (Å²) in [7, 11) is 0. The van der Waals surface area contributed by atoms with E-state index in [2.05, 4.69) is 5.32 Å². The molecule has 0 spiro atoms. The van der Waals surface area contributed by atoms with Gasteiger partial charge in [-0.25, -0.2) is 4.39 Å². The Bertz CT molecular complexity index is 729. The molecule has 0 aromatic heterocycles. The Morgan fingerprint density at radius 1 is 1.12 bits per heavy atom. The van der Waals surface area contributed by atoms with Crippen molar-refractivity contribution in [3.05, 3.63) is 65.0 Å². The quantitative estimate of drug-likeness (QED) is 0.747. The highest BCUT2D eigenvalue weighted by atomic mass is 19.1. The minimum atomic E-state index is -0.298. The topological polar surface area (TPSA) is 47.6 Å². The predicted molar refractivity (Wildman–Crippen MR) is 99.8 cm³/mol. The maximum atomic E-state index is 13.0.